The largest absolute Gasteiger partial charge is 0.494 e. The first-order valence-corrected chi connectivity index (χ1v) is 11.0. The van der Waals surface area contributed by atoms with Crippen LogP contribution in [0.1, 0.15) is 18.4 Å². The number of anilines is 1. The number of hydrogen-bond acceptors (Lipinski definition) is 6. The van der Waals surface area contributed by atoms with Gasteiger partial charge in [0.2, 0.25) is 0 Å². The van der Waals surface area contributed by atoms with Gasteiger partial charge in [-0.25, -0.2) is 0 Å². The third kappa shape index (κ3) is 5.00. The number of nitrogens with zero attached hydrogens (tertiary/aromatic N) is 2. The summed E-state index contributed by atoms with van der Waals surface area (Å²) in [5.41, 5.74) is 3.10. The lowest BCUT2D eigenvalue weighted by Gasteiger charge is -2.14. The molecular weight excluding hydrogens is 370 g/mol. The topological polar surface area (TPSA) is 50.5 Å². The predicted molar refractivity (Wildman–Crippen MR) is 116 cm³/mol. The van der Waals surface area contributed by atoms with E-state index in [1.807, 2.05) is 43.1 Å². The van der Waals surface area contributed by atoms with E-state index in [0.29, 0.717) is 12.1 Å². The fraction of sp³-hybridized carbons (Fsp3) is 0.409. The Morgan fingerprint density at radius 2 is 2.04 bits per heavy atom. The van der Waals surface area contributed by atoms with Gasteiger partial charge in [-0.15, -0.1) is 11.8 Å². The summed E-state index contributed by atoms with van der Waals surface area (Å²) in [5, 5.41) is 3.51. The second-order valence-corrected chi connectivity index (χ2v) is 8.24. The van der Waals surface area contributed by atoms with Crippen molar-refractivity contribution in [2.24, 2.45) is 0 Å². The van der Waals surface area contributed by atoms with Crippen molar-refractivity contribution in [2.45, 2.75) is 25.3 Å². The molecule has 0 radical (unpaired) electrons. The first kappa shape index (κ1) is 19.2. The zero-order valence-electron chi connectivity index (χ0n) is 16.3. The summed E-state index contributed by atoms with van der Waals surface area (Å²) >= 11 is 1.97. The van der Waals surface area contributed by atoms with Crippen LogP contribution in [0.2, 0.25) is 0 Å². The predicted octanol–water partition coefficient (Wildman–Crippen LogP) is 4.33. The van der Waals surface area contributed by atoms with Crippen molar-refractivity contribution < 1.29 is 9.15 Å². The van der Waals surface area contributed by atoms with E-state index in [1.54, 1.807) is 0 Å². The summed E-state index contributed by atoms with van der Waals surface area (Å²) < 4.78 is 11.7. The van der Waals surface area contributed by atoms with Crippen molar-refractivity contribution in [2.75, 3.05) is 36.7 Å². The summed E-state index contributed by atoms with van der Waals surface area (Å²) in [6.45, 7) is 1.61. The molecule has 2 aromatic carbocycles. The van der Waals surface area contributed by atoms with Gasteiger partial charge in [0, 0.05) is 31.3 Å². The summed E-state index contributed by atoms with van der Waals surface area (Å²) in [7, 11) is 2.02. The van der Waals surface area contributed by atoms with E-state index in [0.717, 1.165) is 55.1 Å². The Hall–Kier alpha value is -2.18. The summed E-state index contributed by atoms with van der Waals surface area (Å²) in [6, 6.07) is 17.7. The van der Waals surface area contributed by atoms with E-state index >= 15 is 0 Å². The number of unbranched alkanes of at least 4 members (excludes halogenated alkanes) is 1. The smallest absolute Gasteiger partial charge is 0.298 e. The van der Waals surface area contributed by atoms with Crippen molar-refractivity contribution in [1.29, 1.82) is 0 Å². The van der Waals surface area contributed by atoms with E-state index in [2.05, 4.69) is 39.5 Å². The Morgan fingerprint density at radius 1 is 1.18 bits per heavy atom. The van der Waals surface area contributed by atoms with Crippen LogP contribution < -0.4 is 15.0 Å². The number of para-hydroxylation sites is 2. The number of fused-ring (bicyclic) bond motifs is 1. The minimum Gasteiger partial charge on any atom is -0.494 e. The fourth-order valence-electron chi connectivity index (χ4n) is 3.33. The molecule has 1 saturated heterocycles. The van der Waals surface area contributed by atoms with Crippen LogP contribution in [0.25, 0.3) is 11.1 Å². The third-order valence-corrected chi connectivity index (χ3v) is 5.97. The molecule has 1 atom stereocenters. The highest BCUT2D eigenvalue weighted by molar-refractivity contribution is 7.99. The molecule has 0 bridgehead atoms. The minimum absolute atomic E-state index is 0.606. The number of nitrogens with one attached hydrogen (secondary N) is 1. The molecule has 4 rings (SSSR count). The molecule has 1 aliphatic heterocycles. The Morgan fingerprint density at radius 3 is 2.82 bits per heavy atom. The molecule has 5 nitrogen and oxygen atoms in total. The first-order valence-electron chi connectivity index (χ1n) is 9.87. The molecule has 0 aliphatic carbocycles. The van der Waals surface area contributed by atoms with Crippen LogP contribution >= 0.6 is 11.8 Å². The standard InChI is InChI=1S/C22H27N3O2S/c1-25(22-24-20-6-2-3-7-21(20)27-22)12-4-5-13-26-19-10-8-17(9-11-19)14-18-15-28-16-23-18/h2-3,6-11,18,23H,4-5,12-16H2,1H3. The average molecular weight is 398 g/mol. The summed E-state index contributed by atoms with van der Waals surface area (Å²) in [6.07, 6.45) is 3.11. The highest BCUT2D eigenvalue weighted by Crippen LogP contribution is 2.21. The monoisotopic (exact) mass is 397 g/mol. The van der Waals surface area contributed by atoms with Gasteiger partial charge in [0.25, 0.3) is 6.01 Å². The molecule has 0 saturated carbocycles. The maximum Gasteiger partial charge on any atom is 0.298 e. The van der Waals surface area contributed by atoms with Gasteiger partial charge in [0.15, 0.2) is 5.58 Å². The van der Waals surface area contributed by atoms with Gasteiger partial charge in [-0.05, 0) is 49.1 Å². The molecule has 1 N–H and O–H groups in total. The van der Waals surface area contributed by atoms with Crippen LogP contribution in [0, 0.1) is 0 Å². The second-order valence-electron chi connectivity index (χ2n) is 7.21. The quantitative estimate of drug-likeness (QED) is 0.543. The third-order valence-electron chi connectivity index (χ3n) is 4.96. The van der Waals surface area contributed by atoms with Crippen molar-refractivity contribution >= 4 is 28.9 Å². The van der Waals surface area contributed by atoms with Gasteiger partial charge in [-0.1, -0.05) is 24.3 Å². The molecule has 3 aromatic rings. The molecule has 1 aliphatic rings. The summed E-state index contributed by atoms with van der Waals surface area (Å²) in [5.74, 6) is 3.23. The normalized spacial score (nSPS) is 16.5. The lowest BCUT2D eigenvalue weighted by molar-refractivity contribution is 0.307. The van der Waals surface area contributed by atoms with Crippen LogP contribution in [0.3, 0.4) is 0 Å². The molecule has 28 heavy (non-hydrogen) atoms. The maximum absolute atomic E-state index is 5.89. The molecule has 2 heterocycles. The molecule has 148 valence electrons. The van der Waals surface area contributed by atoms with Gasteiger partial charge < -0.3 is 19.4 Å². The van der Waals surface area contributed by atoms with Gasteiger partial charge in [0.05, 0.1) is 6.61 Å². The average Bonchev–Trinajstić information content (AvgIpc) is 3.38. The van der Waals surface area contributed by atoms with Crippen molar-refractivity contribution in [3.8, 4) is 5.75 Å². The van der Waals surface area contributed by atoms with Crippen LogP contribution in [0.5, 0.6) is 5.75 Å². The second kappa shape index (κ2) is 9.34. The zero-order valence-corrected chi connectivity index (χ0v) is 17.1. The van der Waals surface area contributed by atoms with Crippen LogP contribution in [0.15, 0.2) is 52.9 Å². The molecule has 1 fully saturated rings. The molecular formula is C22H27N3O2S. The van der Waals surface area contributed by atoms with Crippen LogP contribution in [-0.2, 0) is 6.42 Å². The first-order chi connectivity index (χ1) is 13.8. The lowest BCUT2D eigenvalue weighted by atomic mass is 10.1. The van der Waals surface area contributed by atoms with E-state index in [1.165, 1.54) is 11.3 Å². The number of benzene rings is 2. The number of hydrogen-bond donors (Lipinski definition) is 1. The number of thioether (sulfide) groups is 1. The fourth-order valence-corrected chi connectivity index (χ4v) is 4.33. The highest BCUT2D eigenvalue weighted by atomic mass is 32.2. The van der Waals surface area contributed by atoms with E-state index < -0.39 is 0 Å². The highest BCUT2D eigenvalue weighted by Gasteiger charge is 2.14. The number of aromatic nitrogens is 1. The lowest BCUT2D eigenvalue weighted by Crippen LogP contribution is -2.25. The molecule has 1 unspecified atom stereocenters. The van der Waals surface area contributed by atoms with Gasteiger partial charge in [0.1, 0.15) is 11.3 Å². The number of oxazole rings is 1. The van der Waals surface area contributed by atoms with Crippen LogP contribution in [0.4, 0.5) is 6.01 Å². The van der Waals surface area contributed by atoms with Crippen molar-refractivity contribution in [3.05, 3.63) is 54.1 Å². The van der Waals surface area contributed by atoms with E-state index in [-0.39, 0.29) is 0 Å². The molecule has 1 aromatic heterocycles. The number of rotatable bonds is 9. The number of ether oxygens (including phenoxy) is 1. The Balaban J connectivity index is 1.16. The minimum atomic E-state index is 0.606. The molecule has 6 heteroatoms. The zero-order chi connectivity index (χ0) is 19.2. The van der Waals surface area contributed by atoms with Crippen LogP contribution in [-0.4, -0.2) is 42.9 Å². The Kier molecular flexibility index (Phi) is 6.39. The Labute approximate surface area is 170 Å². The van der Waals surface area contributed by atoms with Gasteiger partial charge in [-0.2, -0.15) is 4.98 Å². The van der Waals surface area contributed by atoms with Gasteiger partial charge >= 0.3 is 0 Å². The van der Waals surface area contributed by atoms with E-state index in [4.69, 9.17) is 9.15 Å². The summed E-state index contributed by atoms with van der Waals surface area (Å²) in [4.78, 5) is 6.59. The van der Waals surface area contributed by atoms with Crippen molar-refractivity contribution in [1.82, 2.24) is 10.3 Å². The molecule has 0 amide bonds. The van der Waals surface area contributed by atoms with Crippen molar-refractivity contribution in [3.63, 3.8) is 0 Å². The SMILES string of the molecule is CN(CCCCOc1ccc(CC2CSCN2)cc1)c1nc2ccccc2o1. The van der Waals surface area contributed by atoms with Gasteiger partial charge in [-0.3, -0.25) is 0 Å². The maximum atomic E-state index is 5.89. The van der Waals surface area contributed by atoms with E-state index in [9.17, 15) is 0 Å². The Bertz CT molecular complexity index is 842. The molecule has 0 spiro atoms.